The molecule has 18 heavy (non-hydrogen) atoms. The molecule has 0 saturated heterocycles. The van der Waals surface area contributed by atoms with Crippen LogP contribution in [0.25, 0.3) is 0 Å². The molecule has 0 spiro atoms. The molecule has 0 amide bonds. The van der Waals surface area contributed by atoms with Gasteiger partial charge >= 0.3 is 6.18 Å². The van der Waals surface area contributed by atoms with Crippen LogP contribution >= 0.6 is 0 Å². The molecule has 1 aromatic rings. The van der Waals surface area contributed by atoms with E-state index in [1.165, 1.54) is 6.07 Å². The van der Waals surface area contributed by atoms with Crippen molar-refractivity contribution in [2.45, 2.75) is 26.1 Å². The van der Waals surface area contributed by atoms with E-state index >= 15 is 0 Å². The lowest BCUT2D eigenvalue weighted by molar-refractivity contribution is -0.206. The van der Waals surface area contributed by atoms with Crippen LogP contribution in [-0.2, 0) is 0 Å². The largest absolute Gasteiger partial charge is 0.494 e. The van der Waals surface area contributed by atoms with Crippen molar-refractivity contribution in [1.29, 1.82) is 0 Å². The molecular formula is C12H15F3O3. The van der Waals surface area contributed by atoms with Crippen LogP contribution < -0.4 is 9.47 Å². The average molecular weight is 264 g/mol. The van der Waals surface area contributed by atoms with Crippen LogP contribution in [-0.4, -0.2) is 24.5 Å². The molecule has 0 saturated carbocycles. The Bertz CT molecular complexity index is 366. The first kappa shape index (κ1) is 14.6. The van der Waals surface area contributed by atoms with Crippen molar-refractivity contribution in [2.75, 3.05) is 13.2 Å². The Balaban J connectivity index is 3.09. The Hall–Kier alpha value is -1.43. The van der Waals surface area contributed by atoms with E-state index in [4.69, 9.17) is 9.47 Å². The first-order valence-electron chi connectivity index (χ1n) is 5.53. The van der Waals surface area contributed by atoms with E-state index in [-0.39, 0.29) is 17.1 Å². The maximum atomic E-state index is 12.4. The number of rotatable bonds is 5. The molecule has 0 aromatic heterocycles. The van der Waals surface area contributed by atoms with Gasteiger partial charge in [0.2, 0.25) is 0 Å². The van der Waals surface area contributed by atoms with Crippen molar-refractivity contribution in [3.8, 4) is 11.5 Å². The van der Waals surface area contributed by atoms with Crippen LogP contribution in [0.5, 0.6) is 11.5 Å². The predicted molar refractivity (Wildman–Crippen MR) is 59.8 cm³/mol. The SMILES string of the molecule is CCOc1cc(OCC)cc(C(O)C(F)(F)F)c1. The molecule has 0 aliphatic carbocycles. The standard InChI is InChI=1S/C12H15F3O3/c1-3-17-9-5-8(11(16)12(13,14)15)6-10(7-9)18-4-2/h5-7,11,16H,3-4H2,1-2H3. The second-order valence-corrected chi connectivity index (χ2v) is 3.55. The average Bonchev–Trinajstić information content (AvgIpc) is 2.27. The number of aliphatic hydroxyl groups is 1. The summed E-state index contributed by atoms with van der Waals surface area (Å²) >= 11 is 0. The predicted octanol–water partition coefficient (Wildman–Crippen LogP) is 3.08. The summed E-state index contributed by atoms with van der Waals surface area (Å²) in [6.45, 7) is 4.06. The zero-order valence-electron chi connectivity index (χ0n) is 10.1. The van der Waals surface area contributed by atoms with Crippen molar-refractivity contribution < 1.29 is 27.8 Å². The molecular weight excluding hydrogens is 249 g/mol. The summed E-state index contributed by atoms with van der Waals surface area (Å²) in [6.07, 6.45) is -7.26. The van der Waals surface area contributed by atoms with E-state index in [0.717, 1.165) is 12.1 Å². The smallest absolute Gasteiger partial charge is 0.418 e. The van der Waals surface area contributed by atoms with Crippen molar-refractivity contribution in [1.82, 2.24) is 0 Å². The Labute approximate surface area is 103 Å². The lowest BCUT2D eigenvalue weighted by Gasteiger charge is -2.17. The summed E-state index contributed by atoms with van der Waals surface area (Å²) in [5.41, 5.74) is -0.295. The highest BCUT2D eigenvalue weighted by Gasteiger charge is 2.39. The van der Waals surface area contributed by atoms with Crippen molar-refractivity contribution in [2.24, 2.45) is 0 Å². The van der Waals surface area contributed by atoms with Gasteiger partial charge in [-0.25, -0.2) is 0 Å². The fourth-order valence-corrected chi connectivity index (χ4v) is 1.44. The monoisotopic (exact) mass is 264 g/mol. The third-order valence-corrected chi connectivity index (χ3v) is 2.15. The highest BCUT2D eigenvalue weighted by molar-refractivity contribution is 5.39. The normalized spacial score (nSPS) is 13.2. The number of halogens is 3. The van der Waals surface area contributed by atoms with Crippen LogP contribution in [0.2, 0.25) is 0 Å². The summed E-state index contributed by atoms with van der Waals surface area (Å²) in [6, 6.07) is 3.80. The van der Waals surface area contributed by atoms with E-state index < -0.39 is 12.3 Å². The van der Waals surface area contributed by atoms with Crippen molar-refractivity contribution in [3.63, 3.8) is 0 Å². The zero-order chi connectivity index (χ0) is 13.8. The van der Waals surface area contributed by atoms with Crippen LogP contribution in [0.1, 0.15) is 25.5 Å². The van der Waals surface area contributed by atoms with Gasteiger partial charge in [-0.3, -0.25) is 0 Å². The minimum absolute atomic E-state index is 0.238. The fourth-order valence-electron chi connectivity index (χ4n) is 1.44. The first-order chi connectivity index (χ1) is 8.38. The molecule has 0 heterocycles. The molecule has 102 valence electrons. The first-order valence-corrected chi connectivity index (χ1v) is 5.53. The van der Waals surface area contributed by atoms with Crippen molar-refractivity contribution in [3.05, 3.63) is 23.8 Å². The molecule has 1 N–H and O–H groups in total. The summed E-state index contributed by atoms with van der Waals surface area (Å²) in [5, 5.41) is 9.21. The van der Waals surface area contributed by atoms with Gasteiger partial charge in [0, 0.05) is 6.07 Å². The number of hydrogen-bond acceptors (Lipinski definition) is 3. The maximum absolute atomic E-state index is 12.4. The number of benzene rings is 1. The number of hydrogen-bond donors (Lipinski definition) is 1. The minimum Gasteiger partial charge on any atom is -0.494 e. The lowest BCUT2D eigenvalue weighted by Crippen LogP contribution is -2.20. The molecule has 1 atom stereocenters. The van der Waals surface area contributed by atoms with Crippen LogP contribution in [0.15, 0.2) is 18.2 Å². The molecule has 3 nitrogen and oxygen atoms in total. The van der Waals surface area contributed by atoms with E-state index in [2.05, 4.69) is 0 Å². The number of alkyl halides is 3. The van der Waals surface area contributed by atoms with Gasteiger partial charge in [0.05, 0.1) is 13.2 Å². The lowest BCUT2D eigenvalue weighted by atomic mass is 10.1. The second kappa shape index (κ2) is 5.95. The fraction of sp³-hybridized carbons (Fsp3) is 0.500. The minimum atomic E-state index is -4.71. The van der Waals surface area contributed by atoms with Gasteiger partial charge in [0.1, 0.15) is 11.5 Å². The summed E-state index contributed by atoms with van der Waals surface area (Å²) in [4.78, 5) is 0. The van der Waals surface area contributed by atoms with E-state index in [1.54, 1.807) is 13.8 Å². The molecule has 0 aliphatic heterocycles. The molecule has 0 aliphatic rings. The van der Waals surface area contributed by atoms with Gasteiger partial charge in [-0.1, -0.05) is 0 Å². The molecule has 0 bridgehead atoms. The topological polar surface area (TPSA) is 38.7 Å². The molecule has 6 heteroatoms. The Morgan fingerprint density at radius 2 is 1.50 bits per heavy atom. The zero-order valence-corrected chi connectivity index (χ0v) is 10.1. The molecule has 1 aromatic carbocycles. The highest BCUT2D eigenvalue weighted by Crippen LogP contribution is 2.36. The highest BCUT2D eigenvalue weighted by atomic mass is 19.4. The maximum Gasteiger partial charge on any atom is 0.418 e. The van der Waals surface area contributed by atoms with Crippen LogP contribution in [0.4, 0.5) is 13.2 Å². The summed E-state index contributed by atoms with van der Waals surface area (Å²) in [7, 11) is 0. The second-order valence-electron chi connectivity index (χ2n) is 3.55. The van der Waals surface area contributed by atoms with Gasteiger partial charge < -0.3 is 14.6 Å². The van der Waals surface area contributed by atoms with Gasteiger partial charge in [-0.15, -0.1) is 0 Å². The molecule has 1 unspecified atom stereocenters. The quantitative estimate of drug-likeness (QED) is 0.888. The number of ether oxygens (including phenoxy) is 2. The van der Waals surface area contributed by atoms with Gasteiger partial charge in [-0.2, -0.15) is 13.2 Å². The Kier molecular flexibility index (Phi) is 4.84. The molecule has 0 fully saturated rings. The van der Waals surface area contributed by atoms with Crippen molar-refractivity contribution >= 4 is 0 Å². The van der Waals surface area contributed by atoms with E-state index in [1.807, 2.05) is 0 Å². The summed E-state index contributed by atoms with van der Waals surface area (Å²) in [5.74, 6) is 0.475. The van der Waals surface area contributed by atoms with Crippen LogP contribution in [0, 0.1) is 0 Å². The van der Waals surface area contributed by atoms with Gasteiger partial charge in [-0.05, 0) is 31.5 Å². The Morgan fingerprint density at radius 1 is 1.06 bits per heavy atom. The van der Waals surface area contributed by atoms with E-state index in [9.17, 15) is 18.3 Å². The summed E-state index contributed by atoms with van der Waals surface area (Å²) < 4.78 is 47.6. The Morgan fingerprint density at radius 3 is 1.83 bits per heavy atom. The molecule has 0 radical (unpaired) electrons. The van der Waals surface area contributed by atoms with Crippen LogP contribution in [0.3, 0.4) is 0 Å². The third-order valence-electron chi connectivity index (χ3n) is 2.15. The van der Waals surface area contributed by atoms with E-state index in [0.29, 0.717) is 13.2 Å². The third kappa shape index (κ3) is 3.80. The molecule has 1 rings (SSSR count). The van der Waals surface area contributed by atoms with Gasteiger partial charge in [0.15, 0.2) is 6.10 Å². The number of aliphatic hydroxyl groups excluding tert-OH is 1. The van der Waals surface area contributed by atoms with Gasteiger partial charge in [0.25, 0.3) is 0 Å².